The summed E-state index contributed by atoms with van der Waals surface area (Å²) >= 11 is 0. The zero-order valence-electron chi connectivity index (χ0n) is 45.1. The molecule has 4 heterocycles. The topological polar surface area (TPSA) is 27.9 Å². The molecular formula is C54H33N3O. The van der Waals surface area contributed by atoms with Gasteiger partial charge in [-0.3, -0.25) is 0 Å². The summed E-state index contributed by atoms with van der Waals surface area (Å²) in [4.78, 5) is 0. The SMILES string of the molecule is [2H]c1c([2H])c([2H])c2c(c1[2H])c1c([2H])c(-n3c4c([2H])c([2H])c([2H])c([2H])c4c4c([2H])c([2H])c([2H])c([2H])c43)c([2H])c([2H])c1n2-c1ccc2c3ccccc3n(-c3cccc4oc5ccc(-c6ccccc6)cc5c34)c2c1. The molecule has 0 amide bonds. The summed E-state index contributed by atoms with van der Waals surface area (Å²) in [5.41, 5.74) is 4.50. The standard InChI is InChI=1S/C54H33N3O/c1-2-13-34(14-3-1)35-25-30-52-44(31-35)54-50(23-12-24-53(54)58-52)57-48-22-11-6-17-40(48)42-28-26-37(33-51(42)57)56-47-21-10-7-18-41(47)43-32-36(27-29-49(43)56)55-45-19-8-4-15-38(45)39-16-5-9-20-46(39)55/h1-33H/i4D,5D,7D,8D,9D,10D,15D,16D,18D,19D,20D,21D,27D,29D,32D. The first kappa shape index (κ1) is 20.4. The molecule has 0 bridgehead atoms. The van der Waals surface area contributed by atoms with E-state index in [-0.39, 0.29) is 43.6 Å². The monoisotopic (exact) mass is 754 g/mol. The number of benzene rings is 9. The van der Waals surface area contributed by atoms with Gasteiger partial charge in [0.25, 0.3) is 0 Å². The van der Waals surface area contributed by atoms with E-state index in [9.17, 15) is 6.85 Å². The number of furan rings is 1. The van der Waals surface area contributed by atoms with E-state index in [1.54, 1.807) is 6.07 Å². The molecule has 0 aliphatic rings. The van der Waals surface area contributed by atoms with Crippen molar-refractivity contribution in [3.8, 4) is 28.2 Å². The Kier molecular flexibility index (Phi) is 4.16. The molecule has 13 aromatic rings. The van der Waals surface area contributed by atoms with E-state index in [4.69, 9.17) is 18.1 Å². The van der Waals surface area contributed by atoms with E-state index in [0.717, 1.165) is 48.4 Å². The van der Waals surface area contributed by atoms with Crippen LogP contribution in [0.2, 0.25) is 0 Å². The maximum Gasteiger partial charge on any atom is 0.137 e. The van der Waals surface area contributed by atoms with Crippen molar-refractivity contribution >= 4 is 87.4 Å². The second-order valence-electron chi connectivity index (χ2n) is 14.2. The Balaban J connectivity index is 1.16. The van der Waals surface area contributed by atoms with Crippen LogP contribution in [0.5, 0.6) is 0 Å². The Bertz CT molecular complexity index is 4610. The van der Waals surface area contributed by atoms with Crippen LogP contribution >= 0.6 is 0 Å². The quantitative estimate of drug-likeness (QED) is 0.176. The molecule has 0 unspecified atom stereocenters. The lowest BCUT2D eigenvalue weighted by molar-refractivity contribution is 0.669. The highest BCUT2D eigenvalue weighted by Gasteiger charge is 2.21. The lowest BCUT2D eigenvalue weighted by Gasteiger charge is -2.13. The third-order valence-corrected chi connectivity index (χ3v) is 11.1. The Hall–Kier alpha value is -7.82. The molecule has 0 atom stereocenters. The minimum absolute atomic E-state index is 0.107. The molecule has 9 aromatic carbocycles. The van der Waals surface area contributed by atoms with Gasteiger partial charge < -0.3 is 18.1 Å². The Morgan fingerprint density at radius 3 is 1.79 bits per heavy atom. The van der Waals surface area contributed by atoms with Crippen LogP contribution in [0.15, 0.2) is 204 Å². The van der Waals surface area contributed by atoms with Crippen LogP contribution in [0.1, 0.15) is 20.6 Å². The van der Waals surface area contributed by atoms with Crippen molar-refractivity contribution in [1.82, 2.24) is 13.7 Å². The van der Waals surface area contributed by atoms with Crippen molar-refractivity contribution in [3.63, 3.8) is 0 Å². The molecule has 58 heavy (non-hydrogen) atoms. The molecule has 0 saturated heterocycles. The van der Waals surface area contributed by atoms with Gasteiger partial charge in [0, 0.05) is 49.1 Å². The molecule has 0 fully saturated rings. The predicted molar refractivity (Wildman–Crippen MR) is 242 cm³/mol. The third kappa shape index (κ3) is 4.34. The second kappa shape index (κ2) is 11.8. The van der Waals surface area contributed by atoms with Crippen molar-refractivity contribution in [2.45, 2.75) is 0 Å². The summed E-state index contributed by atoms with van der Waals surface area (Å²) in [6.07, 6.45) is 0. The second-order valence-corrected chi connectivity index (χ2v) is 14.2. The smallest absolute Gasteiger partial charge is 0.137 e. The number of rotatable bonds is 4. The lowest BCUT2D eigenvalue weighted by Crippen LogP contribution is -1.98. The molecule has 13 rings (SSSR count). The molecule has 0 radical (unpaired) electrons. The average molecular weight is 755 g/mol. The average Bonchev–Trinajstić information content (AvgIpc) is 4.16. The van der Waals surface area contributed by atoms with Crippen LogP contribution in [-0.2, 0) is 0 Å². The van der Waals surface area contributed by atoms with Crippen LogP contribution in [0.25, 0.3) is 116 Å². The van der Waals surface area contributed by atoms with Gasteiger partial charge in [-0.2, -0.15) is 0 Å². The van der Waals surface area contributed by atoms with Crippen LogP contribution in [0, 0.1) is 0 Å². The summed E-state index contributed by atoms with van der Waals surface area (Å²) < 4.78 is 148. The summed E-state index contributed by atoms with van der Waals surface area (Å²) in [6, 6.07) is 25.8. The van der Waals surface area contributed by atoms with Gasteiger partial charge in [-0.1, -0.05) is 121 Å². The highest BCUT2D eigenvalue weighted by atomic mass is 16.3. The number of aromatic nitrogens is 3. The Morgan fingerprint density at radius 1 is 0.362 bits per heavy atom. The molecule has 0 aliphatic heterocycles. The number of hydrogen-bond acceptors (Lipinski definition) is 1. The van der Waals surface area contributed by atoms with Gasteiger partial charge in [-0.25, -0.2) is 0 Å². The molecule has 270 valence electrons. The molecular weight excluding hydrogens is 707 g/mol. The fourth-order valence-corrected chi connectivity index (χ4v) is 8.68. The molecule has 4 heteroatoms. The van der Waals surface area contributed by atoms with Gasteiger partial charge >= 0.3 is 0 Å². The zero-order chi connectivity index (χ0) is 51.0. The van der Waals surface area contributed by atoms with Gasteiger partial charge in [0.05, 0.1) is 64.7 Å². The summed E-state index contributed by atoms with van der Waals surface area (Å²) in [5, 5.41) is 2.50. The predicted octanol–water partition coefficient (Wildman–Crippen LogP) is 14.5. The van der Waals surface area contributed by atoms with Gasteiger partial charge in [0.1, 0.15) is 11.2 Å². The number of fused-ring (bicyclic) bond motifs is 12. The van der Waals surface area contributed by atoms with Gasteiger partial charge in [0.15, 0.2) is 0 Å². The molecule has 0 aliphatic carbocycles. The van der Waals surface area contributed by atoms with Gasteiger partial charge in [0.2, 0.25) is 0 Å². The number of hydrogen-bond donors (Lipinski definition) is 0. The van der Waals surface area contributed by atoms with E-state index in [1.807, 2.05) is 97.1 Å². The number of nitrogens with zero attached hydrogens (tertiary/aromatic N) is 3. The highest BCUT2D eigenvalue weighted by Crippen LogP contribution is 2.42. The molecule has 0 spiro atoms. The van der Waals surface area contributed by atoms with E-state index in [2.05, 4.69) is 10.6 Å². The molecule has 4 aromatic heterocycles. The van der Waals surface area contributed by atoms with Crippen molar-refractivity contribution in [1.29, 1.82) is 0 Å². The van der Waals surface area contributed by atoms with Gasteiger partial charge in [-0.05, 0) is 89.8 Å². The summed E-state index contributed by atoms with van der Waals surface area (Å²) in [7, 11) is 0. The highest BCUT2D eigenvalue weighted by molar-refractivity contribution is 6.16. The van der Waals surface area contributed by atoms with E-state index >= 15 is 0 Å². The Labute approximate surface area is 353 Å². The molecule has 0 N–H and O–H groups in total. The number of para-hydroxylation sites is 4. The lowest BCUT2D eigenvalue weighted by atomic mass is 10.0. The zero-order valence-corrected chi connectivity index (χ0v) is 30.1. The van der Waals surface area contributed by atoms with Crippen molar-refractivity contribution < 1.29 is 25.0 Å². The fraction of sp³-hybridized carbons (Fsp3) is 0. The van der Waals surface area contributed by atoms with Crippen molar-refractivity contribution in [3.05, 3.63) is 200 Å². The first-order chi connectivity index (χ1) is 35.0. The van der Waals surface area contributed by atoms with Gasteiger partial charge in [-0.15, -0.1) is 0 Å². The van der Waals surface area contributed by atoms with Crippen molar-refractivity contribution in [2.75, 3.05) is 0 Å². The summed E-state index contributed by atoms with van der Waals surface area (Å²) in [6.45, 7) is 0. The van der Waals surface area contributed by atoms with E-state index in [0.29, 0.717) is 22.4 Å². The Morgan fingerprint density at radius 2 is 1.02 bits per heavy atom. The molecule has 4 nitrogen and oxygen atoms in total. The largest absolute Gasteiger partial charge is 0.456 e. The maximum absolute atomic E-state index is 10.1. The first-order valence-electron chi connectivity index (χ1n) is 26.1. The fourth-order valence-electron chi connectivity index (χ4n) is 8.68. The maximum atomic E-state index is 10.1. The van der Waals surface area contributed by atoms with E-state index in [1.165, 1.54) is 4.57 Å². The van der Waals surface area contributed by atoms with Crippen LogP contribution < -0.4 is 0 Å². The van der Waals surface area contributed by atoms with E-state index < -0.39 is 96.3 Å². The van der Waals surface area contributed by atoms with Crippen molar-refractivity contribution in [2.24, 2.45) is 0 Å². The normalized spacial score (nSPS) is 15.8. The van der Waals surface area contributed by atoms with Crippen LogP contribution in [0.3, 0.4) is 0 Å². The summed E-state index contributed by atoms with van der Waals surface area (Å²) in [5.74, 6) is 0. The minimum Gasteiger partial charge on any atom is -0.456 e. The third-order valence-electron chi connectivity index (χ3n) is 11.1. The van der Waals surface area contributed by atoms with Crippen LogP contribution in [0.4, 0.5) is 0 Å². The first-order valence-corrected chi connectivity index (χ1v) is 18.6. The van der Waals surface area contributed by atoms with Crippen LogP contribution in [-0.4, -0.2) is 13.7 Å². The molecule has 0 saturated carbocycles. The minimum atomic E-state index is -0.713.